The molecule has 1 aromatic heterocycles. The van der Waals surface area contributed by atoms with Crippen LogP contribution in [0.3, 0.4) is 0 Å². The lowest BCUT2D eigenvalue weighted by Crippen LogP contribution is -2.47. The van der Waals surface area contributed by atoms with E-state index in [0.29, 0.717) is 11.5 Å². The lowest BCUT2D eigenvalue weighted by atomic mass is 9.91. The second kappa shape index (κ2) is 6.39. The van der Waals surface area contributed by atoms with Crippen LogP contribution in [0.4, 0.5) is 0 Å². The van der Waals surface area contributed by atoms with E-state index in [4.69, 9.17) is 5.11 Å². The van der Waals surface area contributed by atoms with E-state index < -0.39 is 5.56 Å². The second-order valence-corrected chi connectivity index (χ2v) is 5.87. The van der Waals surface area contributed by atoms with Gasteiger partial charge in [0.25, 0.3) is 11.5 Å². The molecule has 0 unspecified atom stereocenters. The van der Waals surface area contributed by atoms with Crippen molar-refractivity contribution in [2.24, 2.45) is 0 Å². The van der Waals surface area contributed by atoms with Crippen LogP contribution in [0.15, 0.2) is 4.79 Å². The molecule has 6 heteroatoms. The summed E-state index contributed by atoms with van der Waals surface area (Å²) in [5, 5.41) is 9.16. The largest absolute Gasteiger partial charge is 0.395 e. The van der Waals surface area contributed by atoms with Gasteiger partial charge >= 0.3 is 0 Å². The fourth-order valence-corrected chi connectivity index (χ4v) is 2.53. The van der Waals surface area contributed by atoms with Gasteiger partial charge in [-0.3, -0.25) is 9.59 Å². The summed E-state index contributed by atoms with van der Waals surface area (Å²) in [6.45, 7) is 5.72. The topological polar surface area (TPSA) is 86.3 Å². The third-order valence-corrected chi connectivity index (χ3v) is 4.00. The quantitative estimate of drug-likeness (QED) is 0.853. The maximum absolute atomic E-state index is 12.6. The number of aromatic nitrogens is 2. The Bertz CT molecular complexity index is 576. The Morgan fingerprint density at radius 2 is 2.14 bits per heavy atom. The van der Waals surface area contributed by atoms with E-state index in [1.165, 1.54) is 0 Å². The molecule has 0 aromatic carbocycles. The van der Waals surface area contributed by atoms with E-state index in [9.17, 15) is 9.59 Å². The predicted octanol–water partition coefficient (Wildman–Crippen LogP) is 1.19. The fraction of sp³-hybridized carbons (Fsp3) is 0.667. The molecule has 0 spiro atoms. The third-order valence-electron chi connectivity index (χ3n) is 4.00. The van der Waals surface area contributed by atoms with Crippen LogP contribution in [0, 0.1) is 6.92 Å². The van der Waals surface area contributed by atoms with Gasteiger partial charge in [-0.1, -0.05) is 13.8 Å². The van der Waals surface area contributed by atoms with Crippen LogP contribution in [0.2, 0.25) is 0 Å². The molecule has 1 amide bonds. The van der Waals surface area contributed by atoms with E-state index in [2.05, 4.69) is 9.97 Å². The molecule has 116 valence electrons. The number of aromatic amines is 1. The van der Waals surface area contributed by atoms with Crippen molar-refractivity contribution in [3.05, 3.63) is 27.4 Å². The van der Waals surface area contributed by atoms with Crippen molar-refractivity contribution in [1.82, 2.24) is 14.9 Å². The summed E-state index contributed by atoms with van der Waals surface area (Å²) in [6.07, 6.45) is 2.94. The van der Waals surface area contributed by atoms with E-state index in [-0.39, 0.29) is 36.6 Å². The number of rotatable bonds is 5. The smallest absolute Gasteiger partial charge is 0.264 e. The summed E-state index contributed by atoms with van der Waals surface area (Å²) in [4.78, 5) is 33.5. The Balaban J connectivity index is 2.35. The number of hydrogen-bond donors (Lipinski definition) is 2. The third kappa shape index (κ3) is 3.15. The molecule has 1 saturated carbocycles. The standard InChI is InChI=1S/C15H23N3O3/c1-9(2)13-16-10(3)12(14(20)17-13)15(21)18(7-8-19)11-5-4-6-11/h9,11,19H,4-8H2,1-3H3,(H,16,17,20). The SMILES string of the molecule is Cc1nc(C(C)C)[nH]c(=O)c1C(=O)N(CCO)C1CCC1. The fourth-order valence-electron chi connectivity index (χ4n) is 2.53. The zero-order valence-corrected chi connectivity index (χ0v) is 12.8. The molecule has 1 fully saturated rings. The number of aliphatic hydroxyl groups excluding tert-OH is 1. The Labute approximate surface area is 124 Å². The molecule has 2 N–H and O–H groups in total. The summed E-state index contributed by atoms with van der Waals surface area (Å²) >= 11 is 0. The van der Waals surface area contributed by atoms with Gasteiger partial charge < -0.3 is 15.0 Å². The van der Waals surface area contributed by atoms with E-state index in [1.807, 2.05) is 13.8 Å². The maximum Gasteiger partial charge on any atom is 0.264 e. The molecule has 2 rings (SSSR count). The van der Waals surface area contributed by atoms with E-state index >= 15 is 0 Å². The number of aliphatic hydroxyl groups is 1. The zero-order chi connectivity index (χ0) is 15.6. The van der Waals surface area contributed by atoms with Crippen LogP contribution in [0.5, 0.6) is 0 Å². The average molecular weight is 293 g/mol. The number of hydrogen-bond acceptors (Lipinski definition) is 4. The molecule has 1 aliphatic carbocycles. The van der Waals surface area contributed by atoms with Crippen LogP contribution in [0.1, 0.15) is 60.9 Å². The van der Waals surface area contributed by atoms with Crippen LogP contribution < -0.4 is 5.56 Å². The average Bonchev–Trinajstić information content (AvgIpc) is 2.34. The molecule has 0 aliphatic heterocycles. The predicted molar refractivity (Wildman–Crippen MR) is 79.4 cm³/mol. The first-order chi connectivity index (χ1) is 9.95. The van der Waals surface area contributed by atoms with Crippen molar-refractivity contribution in [2.75, 3.05) is 13.2 Å². The first-order valence-electron chi connectivity index (χ1n) is 7.48. The number of H-pyrrole nitrogens is 1. The molecule has 1 heterocycles. The normalized spacial score (nSPS) is 15.1. The second-order valence-electron chi connectivity index (χ2n) is 5.87. The highest BCUT2D eigenvalue weighted by molar-refractivity contribution is 5.95. The van der Waals surface area contributed by atoms with Crippen molar-refractivity contribution < 1.29 is 9.90 Å². The molecule has 21 heavy (non-hydrogen) atoms. The van der Waals surface area contributed by atoms with Gasteiger partial charge in [0.1, 0.15) is 11.4 Å². The Morgan fingerprint density at radius 1 is 1.48 bits per heavy atom. The van der Waals surface area contributed by atoms with Gasteiger partial charge in [-0.25, -0.2) is 4.98 Å². The molecular formula is C15H23N3O3. The van der Waals surface area contributed by atoms with Crippen LogP contribution in [0.25, 0.3) is 0 Å². The van der Waals surface area contributed by atoms with Gasteiger partial charge in [-0.15, -0.1) is 0 Å². The van der Waals surface area contributed by atoms with Gasteiger partial charge in [-0.05, 0) is 26.2 Å². The summed E-state index contributed by atoms with van der Waals surface area (Å²) < 4.78 is 0. The molecule has 0 bridgehead atoms. The zero-order valence-electron chi connectivity index (χ0n) is 12.8. The maximum atomic E-state index is 12.6. The highest BCUT2D eigenvalue weighted by Crippen LogP contribution is 2.26. The number of amides is 1. The van der Waals surface area contributed by atoms with Gasteiger partial charge in [0.15, 0.2) is 0 Å². The number of carbonyl (C=O) groups is 1. The van der Waals surface area contributed by atoms with Gasteiger partial charge in [0, 0.05) is 18.5 Å². The summed E-state index contributed by atoms with van der Waals surface area (Å²) in [7, 11) is 0. The number of nitrogens with zero attached hydrogens (tertiary/aromatic N) is 2. The summed E-state index contributed by atoms with van der Waals surface area (Å²) in [5.74, 6) is 0.363. The molecular weight excluding hydrogens is 270 g/mol. The minimum absolute atomic E-state index is 0.0970. The lowest BCUT2D eigenvalue weighted by molar-refractivity contribution is 0.0522. The lowest BCUT2D eigenvalue weighted by Gasteiger charge is -2.37. The summed E-state index contributed by atoms with van der Waals surface area (Å²) in [6, 6.07) is 0.133. The van der Waals surface area contributed by atoms with Crippen molar-refractivity contribution in [3.8, 4) is 0 Å². The molecule has 0 radical (unpaired) electrons. The summed E-state index contributed by atoms with van der Waals surface area (Å²) in [5.41, 5.74) is 0.160. The van der Waals surface area contributed by atoms with Crippen LogP contribution in [-0.4, -0.2) is 45.1 Å². The minimum atomic E-state index is -0.390. The monoisotopic (exact) mass is 293 g/mol. The molecule has 6 nitrogen and oxygen atoms in total. The van der Waals surface area contributed by atoms with Crippen molar-refractivity contribution in [3.63, 3.8) is 0 Å². The van der Waals surface area contributed by atoms with Gasteiger partial charge in [-0.2, -0.15) is 0 Å². The van der Waals surface area contributed by atoms with Crippen molar-refractivity contribution in [1.29, 1.82) is 0 Å². The highest BCUT2D eigenvalue weighted by Gasteiger charge is 2.31. The molecule has 1 aromatic rings. The van der Waals surface area contributed by atoms with E-state index in [0.717, 1.165) is 19.3 Å². The number of nitrogens with one attached hydrogen (secondary N) is 1. The van der Waals surface area contributed by atoms with Crippen molar-refractivity contribution in [2.45, 2.75) is 52.0 Å². The minimum Gasteiger partial charge on any atom is -0.395 e. The Kier molecular flexibility index (Phi) is 4.77. The molecule has 0 saturated heterocycles. The van der Waals surface area contributed by atoms with E-state index in [1.54, 1.807) is 11.8 Å². The van der Waals surface area contributed by atoms with Gasteiger partial charge in [0.05, 0.1) is 12.3 Å². The Hall–Kier alpha value is -1.69. The first kappa shape index (κ1) is 15.7. The molecule has 1 aliphatic rings. The first-order valence-corrected chi connectivity index (χ1v) is 7.48. The number of aryl methyl sites for hydroxylation is 1. The van der Waals surface area contributed by atoms with Crippen LogP contribution in [-0.2, 0) is 0 Å². The van der Waals surface area contributed by atoms with Gasteiger partial charge in [0.2, 0.25) is 0 Å². The van der Waals surface area contributed by atoms with Crippen molar-refractivity contribution >= 4 is 5.91 Å². The van der Waals surface area contributed by atoms with Crippen LogP contribution >= 0.6 is 0 Å². The molecule has 0 atom stereocenters. The Morgan fingerprint density at radius 3 is 2.57 bits per heavy atom. The number of carbonyl (C=O) groups excluding carboxylic acids is 1. The highest BCUT2D eigenvalue weighted by atomic mass is 16.3.